The third-order valence-corrected chi connectivity index (χ3v) is 2.16. The zero-order valence-corrected chi connectivity index (χ0v) is 9.81. The van der Waals surface area contributed by atoms with Gasteiger partial charge in [0.1, 0.15) is 24.2 Å². The average Bonchev–Trinajstić information content (AvgIpc) is 2.28. The quantitative estimate of drug-likeness (QED) is 0.833. The van der Waals surface area contributed by atoms with E-state index >= 15 is 0 Å². The molecule has 19 heavy (non-hydrogen) atoms. The van der Waals surface area contributed by atoms with Gasteiger partial charge in [-0.3, -0.25) is 4.79 Å². The summed E-state index contributed by atoms with van der Waals surface area (Å²) in [6.45, 7) is -0.210. The van der Waals surface area contributed by atoms with E-state index in [2.05, 4.69) is 5.32 Å². The molecule has 0 aliphatic carbocycles. The van der Waals surface area contributed by atoms with Gasteiger partial charge in [0.05, 0.1) is 5.69 Å². The lowest BCUT2D eigenvalue weighted by Gasteiger charge is -2.16. The SMILES string of the molecule is CC(Nc1ccc(F)cc1F)C(=O)NCC(F)(F)F. The van der Waals surface area contributed by atoms with E-state index in [-0.39, 0.29) is 5.69 Å². The van der Waals surface area contributed by atoms with Gasteiger partial charge in [0.2, 0.25) is 5.91 Å². The molecule has 0 heterocycles. The predicted octanol–water partition coefficient (Wildman–Crippen LogP) is 2.44. The van der Waals surface area contributed by atoms with E-state index in [0.717, 1.165) is 12.1 Å². The zero-order valence-electron chi connectivity index (χ0n) is 9.81. The summed E-state index contributed by atoms with van der Waals surface area (Å²) in [5, 5.41) is 4.00. The summed E-state index contributed by atoms with van der Waals surface area (Å²) in [7, 11) is 0. The second-order valence-electron chi connectivity index (χ2n) is 3.82. The molecule has 1 unspecified atom stereocenters. The Morgan fingerprint density at radius 1 is 1.32 bits per heavy atom. The Morgan fingerprint density at radius 3 is 2.47 bits per heavy atom. The van der Waals surface area contributed by atoms with Gasteiger partial charge >= 0.3 is 6.18 Å². The van der Waals surface area contributed by atoms with Crippen LogP contribution >= 0.6 is 0 Å². The van der Waals surface area contributed by atoms with Gasteiger partial charge < -0.3 is 10.6 Å². The minimum absolute atomic E-state index is 0.170. The summed E-state index contributed by atoms with van der Waals surface area (Å²) in [4.78, 5) is 11.3. The maximum atomic E-state index is 13.2. The number of benzene rings is 1. The lowest BCUT2D eigenvalue weighted by molar-refractivity contribution is -0.138. The van der Waals surface area contributed by atoms with Crippen LogP contribution in [0, 0.1) is 11.6 Å². The van der Waals surface area contributed by atoms with Crippen LogP contribution in [0.2, 0.25) is 0 Å². The van der Waals surface area contributed by atoms with Crippen molar-refractivity contribution in [2.75, 3.05) is 11.9 Å². The van der Waals surface area contributed by atoms with Crippen LogP contribution in [-0.2, 0) is 4.79 Å². The molecular weight excluding hydrogens is 271 g/mol. The number of nitrogens with one attached hydrogen (secondary N) is 2. The van der Waals surface area contributed by atoms with Gasteiger partial charge in [0.25, 0.3) is 0 Å². The molecule has 0 saturated heterocycles. The number of alkyl halides is 3. The monoisotopic (exact) mass is 282 g/mol. The number of rotatable bonds is 4. The van der Waals surface area contributed by atoms with Crippen molar-refractivity contribution in [3.8, 4) is 0 Å². The average molecular weight is 282 g/mol. The molecule has 8 heteroatoms. The number of anilines is 1. The molecule has 0 saturated carbocycles. The Balaban J connectivity index is 2.59. The Hall–Kier alpha value is -1.86. The highest BCUT2D eigenvalue weighted by molar-refractivity contribution is 5.84. The van der Waals surface area contributed by atoms with Gasteiger partial charge in [-0.15, -0.1) is 0 Å². The predicted molar refractivity (Wildman–Crippen MR) is 58.5 cm³/mol. The molecule has 1 rings (SSSR count). The highest BCUT2D eigenvalue weighted by Gasteiger charge is 2.28. The van der Waals surface area contributed by atoms with Crippen LogP contribution in [0.3, 0.4) is 0 Å². The molecule has 106 valence electrons. The van der Waals surface area contributed by atoms with Crippen LogP contribution in [0.5, 0.6) is 0 Å². The van der Waals surface area contributed by atoms with Crippen LogP contribution in [0.4, 0.5) is 27.6 Å². The topological polar surface area (TPSA) is 41.1 Å². The molecule has 0 fully saturated rings. The minimum atomic E-state index is -4.52. The van der Waals surface area contributed by atoms with Crippen molar-refractivity contribution in [1.82, 2.24) is 5.32 Å². The van der Waals surface area contributed by atoms with Crippen molar-refractivity contribution in [3.05, 3.63) is 29.8 Å². The van der Waals surface area contributed by atoms with E-state index in [4.69, 9.17) is 0 Å². The minimum Gasteiger partial charge on any atom is -0.372 e. The van der Waals surface area contributed by atoms with E-state index in [0.29, 0.717) is 6.07 Å². The van der Waals surface area contributed by atoms with Gasteiger partial charge in [-0.05, 0) is 19.1 Å². The standard InChI is InChI=1S/C11H11F5N2O/c1-6(10(19)17-5-11(14,15)16)18-9-3-2-7(12)4-8(9)13/h2-4,6,18H,5H2,1H3,(H,17,19). The number of halogens is 5. The molecule has 0 spiro atoms. The Morgan fingerprint density at radius 2 is 1.95 bits per heavy atom. The lowest BCUT2D eigenvalue weighted by atomic mass is 10.2. The maximum absolute atomic E-state index is 13.2. The summed E-state index contributed by atoms with van der Waals surface area (Å²) in [6, 6.07) is 1.52. The fourth-order valence-electron chi connectivity index (χ4n) is 1.25. The third-order valence-electron chi connectivity index (χ3n) is 2.16. The first kappa shape index (κ1) is 15.2. The maximum Gasteiger partial charge on any atom is 0.405 e. The van der Waals surface area contributed by atoms with Crippen molar-refractivity contribution in [2.45, 2.75) is 19.1 Å². The number of carbonyl (C=O) groups is 1. The molecule has 0 aliphatic rings. The van der Waals surface area contributed by atoms with E-state index in [1.165, 1.54) is 6.92 Å². The lowest BCUT2D eigenvalue weighted by Crippen LogP contribution is -2.42. The van der Waals surface area contributed by atoms with Gasteiger partial charge in [-0.25, -0.2) is 8.78 Å². The van der Waals surface area contributed by atoms with E-state index < -0.39 is 36.3 Å². The summed E-state index contributed by atoms with van der Waals surface area (Å²) in [6.07, 6.45) is -4.52. The van der Waals surface area contributed by atoms with Crippen LogP contribution in [0.25, 0.3) is 0 Å². The number of hydrogen-bond acceptors (Lipinski definition) is 2. The largest absolute Gasteiger partial charge is 0.405 e. The molecule has 1 aromatic carbocycles. The Bertz CT molecular complexity index is 461. The second kappa shape index (κ2) is 5.85. The number of hydrogen-bond donors (Lipinski definition) is 2. The molecule has 3 nitrogen and oxygen atoms in total. The summed E-state index contributed by atoms with van der Waals surface area (Å²) >= 11 is 0. The van der Waals surface area contributed by atoms with Gasteiger partial charge in [0, 0.05) is 6.07 Å². The fourth-order valence-corrected chi connectivity index (χ4v) is 1.25. The Labute approximate surface area is 105 Å². The molecule has 0 aromatic heterocycles. The van der Waals surface area contributed by atoms with E-state index in [1.807, 2.05) is 0 Å². The molecule has 1 amide bonds. The second-order valence-corrected chi connectivity index (χ2v) is 3.82. The molecule has 0 bridgehead atoms. The van der Waals surface area contributed by atoms with Crippen LogP contribution in [0.1, 0.15) is 6.92 Å². The van der Waals surface area contributed by atoms with Crippen LogP contribution < -0.4 is 10.6 Å². The number of carbonyl (C=O) groups excluding carboxylic acids is 1. The van der Waals surface area contributed by atoms with Crippen LogP contribution in [-0.4, -0.2) is 24.7 Å². The first-order valence-electron chi connectivity index (χ1n) is 5.25. The van der Waals surface area contributed by atoms with E-state index in [1.54, 1.807) is 5.32 Å². The van der Waals surface area contributed by atoms with Gasteiger partial charge in [-0.1, -0.05) is 0 Å². The molecular formula is C11H11F5N2O. The molecule has 0 aliphatic heterocycles. The summed E-state index contributed by atoms with van der Waals surface area (Å²) in [5.41, 5.74) is -0.170. The molecule has 1 aromatic rings. The first-order chi connectivity index (χ1) is 8.69. The fraction of sp³-hybridized carbons (Fsp3) is 0.364. The summed E-state index contributed by atoms with van der Waals surface area (Å²) < 4.78 is 61.5. The normalized spacial score (nSPS) is 12.9. The van der Waals surface area contributed by atoms with Gasteiger partial charge in [0.15, 0.2) is 0 Å². The Kier molecular flexibility index (Phi) is 4.68. The highest BCUT2D eigenvalue weighted by Crippen LogP contribution is 2.16. The smallest absolute Gasteiger partial charge is 0.372 e. The summed E-state index contributed by atoms with van der Waals surface area (Å²) in [5.74, 6) is -2.67. The van der Waals surface area contributed by atoms with Gasteiger partial charge in [-0.2, -0.15) is 13.2 Å². The number of amides is 1. The van der Waals surface area contributed by atoms with Crippen molar-refractivity contribution >= 4 is 11.6 Å². The van der Waals surface area contributed by atoms with Crippen LogP contribution in [0.15, 0.2) is 18.2 Å². The first-order valence-corrected chi connectivity index (χ1v) is 5.25. The zero-order chi connectivity index (χ0) is 14.6. The highest BCUT2D eigenvalue weighted by atomic mass is 19.4. The van der Waals surface area contributed by atoms with Crippen molar-refractivity contribution < 1.29 is 26.7 Å². The van der Waals surface area contributed by atoms with E-state index in [9.17, 15) is 26.7 Å². The molecule has 1 atom stereocenters. The molecule has 0 radical (unpaired) electrons. The van der Waals surface area contributed by atoms with Crippen molar-refractivity contribution in [1.29, 1.82) is 0 Å². The third kappa shape index (κ3) is 5.11. The van der Waals surface area contributed by atoms with Crippen molar-refractivity contribution in [3.63, 3.8) is 0 Å². The molecule has 2 N–H and O–H groups in total. The van der Waals surface area contributed by atoms with Crippen molar-refractivity contribution in [2.24, 2.45) is 0 Å².